The Morgan fingerprint density at radius 1 is 1.08 bits per heavy atom. The largest absolute Gasteiger partial charge is 0.352 e. The summed E-state index contributed by atoms with van der Waals surface area (Å²) in [5, 5.41) is 6.54. The SMILES string of the molecule is Cc1ccccc1CNC(=O)C1CC1C(=O)Nc1ccc(Cl)cc1Cl. The Balaban J connectivity index is 1.52. The monoisotopic (exact) mass is 376 g/mol. The number of benzene rings is 2. The minimum atomic E-state index is -0.316. The molecule has 1 fully saturated rings. The van der Waals surface area contributed by atoms with Gasteiger partial charge in [-0.3, -0.25) is 9.59 Å². The molecule has 0 spiro atoms. The van der Waals surface area contributed by atoms with E-state index in [1.165, 1.54) is 0 Å². The van der Waals surface area contributed by atoms with Crippen LogP contribution >= 0.6 is 23.2 Å². The van der Waals surface area contributed by atoms with Crippen LogP contribution in [0.4, 0.5) is 5.69 Å². The molecule has 1 aliphatic rings. The van der Waals surface area contributed by atoms with Gasteiger partial charge >= 0.3 is 0 Å². The van der Waals surface area contributed by atoms with E-state index in [2.05, 4.69) is 10.6 Å². The predicted molar refractivity (Wildman–Crippen MR) is 99.7 cm³/mol. The molecule has 0 radical (unpaired) electrons. The van der Waals surface area contributed by atoms with E-state index in [1.807, 2.05) is 31.2 Å². The van der Waals surface area contributed by atoms with E-state index in [0.717, 1.165) is 11.1 Å². The van der Waals surface area contributed by atoms with Crippen molar-refractivity contribution in [2.24, 2.45) is 11.8 Å². The zero-order valence-electron chi connectivity index (χ0n) is 13.7. The highest BCUT2D eigenvalue weighted by molar-refractivity contribution is 6.36. The third-order valence-electron chi connectivity index (χ3n) is 4.37. The fourth-order valence-electron chi connectivity index (χ4n) is 2.71. The molecule has 2 aromatic rings. The molecule has 0 bridgehead atoms. The summed E-state index contributed by atoms with van der Waals surface area (Å²) in [6.45, 7) is 2.48. The van der Waals surface area contributed by atoms with Gasteiger partial charge in [-0.15, -0.1) is 0 Å². The topological polar surface area (TPSA) is 58.2 Å². The molecule has 2 atom stereocenters. The highest BCUT2D eigenvalue weighted by Gasteiger charge is 2.48. The summed E-state index contributed by atoms with van der Waals surface area (Å²) < 4.78 is 0. The maximum Gasteiger partial charge on any atom is 0.228 e. The van der Waals surface area contributed by atoms with Crippen molar-refractivity contribution in [1.29, 1.82) is 0 Å². The molecule has 0 saturated heterocycles. The van der Waals surface area contributed by atoms with Gasteiger partial charge in [-0.1, -0.05) is 47.5 Å². The maximum absolute atomic E-state index is 12.3. The lowest BCUT2D eigenvalue weighted by Crippen LogP contribution is -2.27. The molecular formula is C19H18Cl2N2O2. The van der Waals surface area contributed by atoms with Crippen molar-refractivity contribution in [2.45, 2.75) is 19.9 Å². The molecule has 3 rings (SSSR count). The third kappa shape index (κ3) is 4.33. The number of aryl methyl sites for hydroxylation is 1. The second kappa shape index (κ2) is 7.46. The number of carbonyl (C=O) groups is 2. The van der Waals surface area contributed by atoms with Crippen LogP contribution in [0.3, 0.4) is 0 Å². The van der Waals surface area contributed by atoms with Gasteiger partial charge < -0.3 is 10.6 Å². The fraction of sp³-hybridized carbons (Fsp3) is 0.263. The van der Waals surface area contributed by atoms with Crippen molar-refractivity contribution in [1.82, 2.24) is 5.32 Å². The van der Waals surface area contributed by atoms with Crippen LogP contribution in [0.25, 0.3) is 0 Å². The Kier molecular flexibility index (Phi) is 5.30. The first-order chi connectivity index (χ1) is 12.0. The lowest BCUT2D eigenvalue weighted by atomic mass is 10.1. The number of hydrogen-bond donors (Lipinski definition) is 2. The molecule has 1 aliphatic carbocycles. The molecule has 0 aliphatic heterocycles. The van der Waals surface area contributed by atoms with E-state index >= 15 is 0 Å². The minimum Gasteiger partial charge on any atom is -0.352 e. The number of nitrogens with one attached hydrogen (secondary N) is 2. The third-order valence-corrected chi connectivity index (χ3v) is 4.92. The van der Waals surface area contributed by atoms with Gasteiger partial charge in [0.25, 0.3) is 0 Å². The summed E-state index contributed by atoms with van der Waals surface area (Å²) in [7, 11) is 0. The molecule has 25 heavy (non-hydrogen) atoms. The number of halogens is 2. The quantitative estimate of drug-likeness (QED) is 0.821. The Morgan fingerprint density at radius 2 is 1.80 bits per heavy atom. The van der Waals surface area contributed by atoms with Crippen LogP contribution in [0.5, 0.6) is 0 Å². The lowest BCUT2D eigenvalue weighted by molar-refractivity contribution is -0.125. The minimum absolute atomic E-state index is 0.0920. The van der Waals surface area contributed by atoms with Crippen LogP contribution in [-0.2, 0) is 16.1 Å². The van der Waals surface area contributed by atoms with Gasteiger partial charge in [-0.2, -0.15) is 0 Å². The molecule has 2 N–H and O–H groups in total. The lowest BCUT2D eigenvalue weighted by Gasteiger charge is -2.09. The zero-order chi connectivity index (χ0) is 18.0. The smallest absolute Gasteiger partial charge is 0.228 e. The average molecular weight is 377 g/mol. The van der Waals surface area contributed by atoms with Gasteiger partial charge in [-0.25, -0.2) is 0 Å². The van der Waals surface area contributed by atoms with Crippen LogP contribution < -0.4 is 10.6 Å². The van der Waals surface area contributed by atoms with E-state index in [1.54, 1.807) is 18.2 Å². The van der Waals surface area contributed by atoms with Crippen LogP contribution in [0.2, 0.25) is 10.0 Å². The molecule has 0 heterocycles. The zero-order valence-corrected chi connectivity index (χ0v) is 15.2. The second-order valence-electron chi connectivity index (χ2n) is 6.21. The maximum atomic E-state index is 12.3. The Hall–Kier alpha value is -2.04. The first kappa shape index (κ1) is 17.8. The van der Waals surface area contributed by atoms with Crippen LogP contribution in [0.15, 0.2) is 42.5 Å². The van der Waals surface area contributed by atoms with Crippen molar-refractivity contribution in [3.63, 3.8) is 0 Å². The van der Waals surface area contributed by atoms with E-state index in [-0.39, 0.29) is 23.7 Å². The number of amides is 2. The number of anilines is 1. The predicted octanol–water partition coefficient (Wildman–Crippen LogP) is 4.19. The summed E-state index contributed by atoms with van der Waals surface area (Å²) in [5.41, 5.74) is 2.71. The Labute approximate surface area is 156 Å². The van der Waals surface area contributed by atoms with Crippen molar-refractivity contribution in [2.75, 3.05) is 5.32 Å². The summed E-state index contributed by atoms with van der Waals surface area (Å²) in [6, 6.07) is 12.8. The molecule has 2 unspecified atom stereocenters. The molecule has 2 amide bonds. The van der Waals surface area contributed by atoms with E-state index in [9.17, 15) is 9.59 Å². The first-order valence-corrected chi connectivity index (χ1v) is 8.79. The summed E-state index contributed by atoms with van der Waals surface area (Å²) in [6.07, 6.45) is 0.552. The van der Waals surface area contributed by atoms with Gasteiger partial charge in [0, 0.05) is 11.6 Å². The van der Waals surface area contributed by atoms with Gasteiger partial charge in [-0.05, 0) is 42.7 Å². The molecule has 2 aromatic carbocycles. The molecule has 6 heteroatoms. The summed E-state index contributed by atoms with van der Waals surface area (Å²) in [4.78, 5) is 24.5. The highest BCUT2D eigenvalue weighted by atomic mass is 35.5. The van der Waals surface area contributed by atoms with E-state index < -0.39 is 0 Å². The highest BCUT2D eigenvalue weighted by Crippen LogP contribution is 2.40. The Morgan fingerprint density at radius 3 is 2.52 bits per heavy atom. The van der Waals surface area contributed by atoms with Gasteiger partial charge in [0.05, 0.1) is 22.5 Å². The first-order valence-electron chi connectivity index (χ1n) is 8.04. The number of carbonyl (C=O) groups excluding carboxylic acids is 2. The molecule has 1 saturated carbocycles. The second-order valence-corrected chi connectivity index (χ2v) is 7.05. The fourth-order valence-corrected chi connectivity index (χ4v) is 3.17. The van der Waals surface area contributed by atoms with Crippen molar-refractivity contribution >= 4 is 40.7 Å². The van der Waals surface area contributed by atoms with Crippen molar-refractivity contribution in [3.05, 3.63) is 63.6 Å². The standard InChI is InChI=1S/C19H18Cl2N2O2/c1-11-4-2-3-5-12(11)10-22-18(24)14-9-15(14)19(25)23-17-7-6-13(20)8-16(17)21/h2-8,14-15H,9-10H2,1H3,(H,22,24)(H,23,25). The van der Waals surface area contributed by atoms with E-state index in [4.69, 9.17) is 23.2 Å². The molecule has 4 nitrogen and oxygen atoms in total. The summed E-state index contributed by atoms with van der Waals surface area (Å²) >= 11 is 11.9. The molecule has 0 aromatic heterocycles. The summed E-state index contributed by atoms with van der Waals surface area (Å²) in [5.74, 6) is -0.885. The molecular weight excluding hydrogens is 359 g/mol. The van der Waals surface area contributed by atoms with Gasteiger partial charge in [0.2, 0.25) is 11.8 Å². The van der Waals surface area contributed by atoms with Gasteiger partial charge in [0.1, 0.15) is 0 Å². The van der Waals surface area contributed by atoms with Gasteiger partial charge in [0.15, 0.2) is 0 Å². The Bertz CT molecular complexity index is 823. The number of rotatable bonds is 5. The normalized spacial score (nSPS) is 18.5. The van der Waals surface area contributed by atoms with E-state index in [0.29, 0.717) is 28.7 Å². The molecule has 130 valence electrons. The number of hydrogen-bond acceptors (Lipinski definition) is 2. The van der Waals surface area contributed by atoms with Crippen molar-refractivity contribution < 1.29 is 9.59 Å². The van der Waals surface area contributed by atoms with Crippen LogP contribution in [0, 0.1) is 18.8 Å². The van der Waals surface area contributed by atoms with Crippen molar-refractivity contribution in [3.8, 4) is 0 Å². The average Bonchev–Trinajstić information content (AvgIpc) is 3.37. The van der Waals surface area contributed by atoms with Crippen LogP contribution in [0.1, 0.15) is 17.5 Å². The van der Waals surface area contributed by atoms with Crippen LogP contribution in [-0.4, -0.2) is 11.8 Å².